The van der Waals surface area contributed by atoms with Gasteiger partial charge in [-0.2, -0.15) is 0 Å². The van der Waals surface area contributed by atoms with E-state index in [9.17, 15) is 19.8 Å². The number of benzene rings is 2. The first kappa shape index (κ1) is 34.7. The molecule has 2 saturated carbocycles. The van der Waals surface area contributed by atoms with Crippen molar-refractivity contribution in [1.82, 2.24) is 4.98 Å². The third kappa shape index (κ3) is 7.55. The Labute approximate surface area is 290 Å². The third-order valence-electron chi connectivity index (χ3n) is 11.7. The monoisotopic (exact) mass is 662 g/mol. The number of carbonyl (C=O) groups is 2. The quantitative estimate of drug-likeness (QED) is 0.181. The molecule has 6 unspecified atom stereocenters. The highest BCUT2D eigenvalue weighted by molar-refractivity contribution is 6.06. The van der Waals surface area contributed by atoms with Crippen molar-refractivity contribution in [3.05, 3.63) is 83.0 Å². The third-order valence-corrected chi connectivity index (χ3v) is 11.7. The minimum atomic E-state index is -1.69. The van der Waals surface area contributed by atoms with Gasteiger partial charge in [0.1, 0.15) is 5.82 Å². The van der Waals surface area contributed by atoms with Crippen LogP contribution in [0.15, 0.2) is 60.8 Å². The van der Waals surface area contributed by atoms with Crippen LogP contribution in [0.4, 0.5) is 5.82 Å². The lowest BCUT2D eigenvalue weighted by molar-refractivity contribution is -0.142. The Bertz CT molecular complexity index is 1700. The Morgan fingerprint density at radius 1 is 1.00 bits per heavy atom. The number of nitrogens with zero attached hydrogens (tertiary/aromatic N) is 1. The van der Waals surface area contributed by atoms with Gasteiger partial charge < -0.3 is 20.7 Å². The summed E-state index contributed by atoms with van der Waals surface area (Å²) in [7, 11) is 1.49. The van der Waals surface area contributed by atoms with Crippen LogP contribution in [-0.4, -0.2) is 40.0 Å². The second-order valence-corrected chi connectivity index (χ2v) is 14.7. The van der Waals surface area contributed by atoms with E-state index in [4.69, 9.17) is 10.5 Å². The van der Waals surface area contributed by atoms with Crippen molar-refractivity contribution in [1.29, 1.82) is 0 Å². The number of aryl methyl sites for hydroxylation is 1. The molecule has 0 bridgehead atoms. The average Bonchev–Trinajstić information content (AvgIpc) is 3.50. The summed E-state index contributed by atoms with van der Waals surface area (Å²) in [4.78, 5) is 32.2. The number of carbonyl (C=O) groups excluding carboxylic acids is 2. The van der Waals surface area contributed by atoms with E-state index in [-0.39, 0.29) is 47.5 Å². The van der Waals surface area contributed by atoms with Crippen LogP contribution < -0.4 is 10.5 Å². The number of anilines is 1. The zero-order valence-corrected chi connectivity index (χ0v) is 28.9. The van der Waals surface area contributed by atoms with Crippen molar-refractivity contribution < 1.29 is 24.5 Å². The topological polar surface area (TPSA) is 123 Å². The lowest BCUT2D eigenvalue weighted by Gasteiger charge is -2.40. The van der Waals surface area contributed by atoms with Crippen LogP contribution in [0.1, 0.15) is 99.3 Å². The number of hydrogen-bond acceptors (Lipinski definition) is 7. The zero-order valence-electron chi connectivity index (χ0n) is 28.9. The number of phenols is 1. The molecule has 0 spiro atoms. The molecule has 3 aliphatic rings. The molecule has 0 saturated heterocycles. The molecule has 6 rings (SSSR count). The molecule has 7 heteroatoms. The standard InChI is InChI=1S/C42H50N2O5/c1-3-16-42(17-7-8-18-42)32-22-28(20-27-15-19-44-39(43)23-27)21-30-11-13-33(29-9-5-4-6-10-29)34-26-37(46)38(49-2)24-31(34)12-14-36(45)41(48)40(47)35(30)25-32/h4-6,9-10,15,19,23-24,26,28,30,32-33,35,41,46,48H,3,7-8,12,14,16-18,20-22,25H2,1-2H3,(H2,43,44). The summed E-state index contributed by atoms with van der Waals surface area (Å²) in [5, 5.41) is 22.3. The van der Waals surface area contributed by atoms with Crippen molar-refractivity contribution in [2.24, 2.45) is 29.1 Å². The Morgan fingerprint density at radius 3 is 2.49 bits per heavy atom. The van der Waals surface area contributed by atoms with Gasteiger partial charge in [-0.3, -0.25) is 9.59 Å². The van der Waals surface area contributed by atoms with Crippen LogP contribution in [0.5, 0.6) is 11.5 Å². The number of nitrogen functional groups attached to an aromatic ring is 1. The Hall–Kier alpha value is -4.15. The van der Waals surface area contributed by atoms with E-state index >= 15 is 0 Å². The molecule has 4 N–H and O–H groups in total. The van der Waals surface area contributed by atoms with Crippen LogP contribution in [0.2, 0.25) is 0 Å². The lowest BCUT2D eigenvalue weighted by Crippen LogP contribution is -2.40. The molecule has 3 aromatic rings. The van der Waals surface area contributed by atoms with E-state index in [2.05, 4.69) is 23.7 Å². The van der Waals surface area contributed by atoms with Gasteiger partial charge in [-0.05, 0) is 115 Å². The number of ketones is 2. The molecule has 6 atom stereocenters. The van der Waals surface area contributed by atoms with Crippen LogP contribution in [0.3, 0.4) is 0 Å². The number of phenolic OH excluding ortho intramolecular Hbond substituents is 1. The highest BCUT2D eigenvalue weighted by Crippen LogP contribution is 2.55. The highest BCUT2D eigenvalue weighted by Gasteiger charge is 2.47. The lowest BCUT2D eigenvalue weighted by atomic mass is 9.65. The average molecular weight is 663 g/mol. The normalized spacial score (nSPS) is 27.0. The minimum absolute atomic E-state index is 0.00210. The first-order chi connectivity index (χ1) is 23.7. The number of ether oxygens (including phenoxy) is 1. The van der Waals surface area contributed by atoms with E-state index in [1.54, 1.807) is 18.3 Å². The molecule has 0 amide bonds. The summed E-state index contributed by atoms with van der Waals surface area (Å²) in [5.41, 5.74) is 9.93. The van der Waals surface area contributed by atoms with Gasteiger partial charge in [-0.25, -0.2) is 4.98 Å². The second kappa shape index (κ2) is 15.2. The molecule has 0 aliphatic heterocycles. The molecule has 0 radical (unpaired) electrons. The Kier molecular flexibility index (Phi) is 10.7. The Morgan fingerprint density at radius 2 is 1.78 bits per heavy atom. The Balaban J connectivity index is 1.50. The number of aromatic nitrogens is 1. The van der Waals surface area contributed by atoms with Crippen LogP contribution >= 0.6 is 0 Å². The maximum Gasteiger partial charge on any atom is 0.173 e. The van der Waals surface area contributed by atoms with Crippen molar-refractivity contribution >= 4 is 17.4 Å². The van der Waals surface area contributed by atoms with E-state index in [0.717, 1.165) is 60.8 Å². The molecule has 49 heavy (non-hydrogen) atoms. The summed E-state index contributed by atoms with van der Waals surface area (Å²) in [6.07, 6.45) is 10.3. The van der Waals surface area contributed by atoms with Gasteiger partial charge in [-0.15, -0.1) is 0 Å². The van der Waals surface area contributed by atoms with Gasteiger partial charge in [0.05, 0.1) is 13.0 Å². The molecule has 3 aliphatic carbocycles. The first-order valence-corrected chi connectivity index (χ1v) is 18.1. The van der Waals surface area contributed by atoms with Gasteiger partial charge in [0.2, 0.25) is 0 Å². The summed E-state index contributed by atoms with van der Waals surface area (Å²) < 4.78 is 5.43. The molecular weight excluding hydrogens is 612 g/mol. The van der Waals surface area contributed by atoms with Crippen LogP contribution in [0, 0.1) is 40.9 Å². The highest BCUT2D eigenvalue weighted by atomic mass is 16.5. The summed E-state index contributed by atoms with van der Waals surface area (Å²) >= 11 is 0. The van der Waals surface area contributed by atoms with E-state index in [1.165, 1.54) is 20.0 Å². The fourth-order valence-electron chi connectivity index (χ4n) is 9.33. The molecule has 1 heterocycles. The molecular formula is C42H50N2O5. The van der Waals surface area contributed by atoms with E-state index in [0.29, 0.717) is 24.4 Å². The smallest absolute Gasteiger partial charge is 0.173 e. The fourth-order valence-corrected chi connectivity index (χ4v) is 9.33. The number of nitrogens with two attached hydrogens (primary N) is 1. The molecule has 2 fully saturated rings. The fraction of sp³-hybridized carbons (Fsp3) is 0.500. The van der Waals surface area contributed by atoms with Crippen LogP contribution in [-0.2, 0) is 22.4 Å². The van der Waals surface area contributed by atoms with E-state index < -0.39 is 23.7 Å². The van der Waals surface area contributed by atoms with Crippen molar-refractivity contribution in [3.8, 4) is 23.3 Å². The van der Waals surface area contributed by atoms with Crippen molar-refractivity contribution in [3.63, 3.8) is 0 Å². The number of rotatable bonds is 7. The number of pyridine rings is 1. The SMILES string of the molecule is CCCC1(C2CC(Cc3ccnc(N)c3)CC3C#CC(c4ccccc4)c4cc(O)c(OC)cc4CCC(=O)C(O)C(=O)C3C2)CCCC1. The maximum absolute atomic E-state index is 14.4. The molecule has 1 aromatic heterocycles. The van der Waals surface area contributed by atoms with Gasteiger partial charge in [0, 0.05) is 24.5 Å². The van der Waals surface area contributed by atoms with E-state index in [1.807, 2.05) is 42.5 Å². The number of aliphatic hydroxyl groups excluding tert-OH is 1. The minimum Gasteiger partial charge on any atom is -0.504 e. The number of aromatic hydroxyl groups is 1. The molecule has 2 aromatic carbocycles. The number of methoxy groups -OCH3 is 1. The molecule has 258 valence electrons. The summed E-state index contributed by atoms with van der Waals surface area (Å²) in [5.74, 6) is 6.37. The van der Waals surface area contributed by atoms with Gasteiger partial charge in [0.15, 0.2) is 29.2 Å². The largest absolute Gasteiger partial charge is 0.504 e. The predicted octanol–water partition coefficient (Wildman–Crippen LogP) is 7.21. The van der Waals surface area contributed by atoms with Gasteiger partial charge >= 0.3 is 0 Å². The van der Waals surface area contributed by atoms with Gasteiger partial charge in [0.25, 0.3) is 0 Å². The summed E-state index contributed by atoms with van der Waals surface area (Å²) in [6, 6.07) is 17.4. The first-order valence-electron chi connectivity index (χ1n) is 18.1. The number of aliphatic hydroxyl groups is 1. The van der Waals surface area contributed by atoms with Crippen molar-refractivity contribution in [2.45, 2.75) is 96.0 Å². The maximum atomic E-state index is 14.4. The molecule has 7 nitrogen and oxygen atoms in total. The second-order valence-electron chi connectivity index (χ2n) is 14.7. The summed E-state index contributed by atoms with van der Waals surface area (Å²) in [6.45, 7) is 2.25. The number of hydrogen-bond donors (Lipinski definition) is 3. The van der Waals surface area contributed by atoms with Gasteiger partial charge in [-0.1, -0.05) is 68.4 Å². The van der Waals surface area contributed by atoms with Crippen molar-refractivity contribution in [2.75, 3.05) is 12.8 Å². The predicted molar refractivity (Wildman–Crippen MR) is 191 cm³/mol. The number of fused-ring (bicyclic) bond motifs is 2. The van der Waals surface area contributed by atoms with Crippen LogP contribution in [0.25, 0.3) is 0 Å². The zero-order chi connectivity index (χ0) is 34.5. The number of Topliss-reactive ketones (excluding diaryl/α,β-unsaturated/α-hetero) is 2.